The van der Waals surface area contributed by atoms with Crippen molar-refractivity contribution in [3.05, 3.63) is 0 Å². The molecule has 0 heterocycles. The first-order valence-electron chi connectivity index (χ1n) is 3.04. The number of alkyl halides is 3. The van der Waals surface area contributed by atoms with Gasteiger partial charge >= 0.3 is 0 Å². The van der Waals surface area contributed by atoms with Crippen LogP contribution < -0.4 is 0 Å². The standard InChI is InChI=1S/C6H7Br2I/c7-4(8)5-1-6(9,2-5)3-5/h4H,1-3H2. The molecule has 0 N–H and O–H groups in total. The molecule has 0 atom stereocenters. The summed E-state index contributed by atoms with van der Waals surface area (Å²) in [6.45, 7) is 0. The van der Waals surface area contributed by atoms with Crippen molar-refractivity contribution >= 4 is 54.5 Å². The van der Waals surface area contributed by atoms with Gasteiger partial charge in [-0.3, -0.25) is 0 Å². The second-order valence-corrected chi connectivity index (χ2v) is 8.69. The minimum atomic E-state index is 0.564. The van der Waals surface area contributed by atoms with E-state index in [1.165, 1.54) is 19.3 Å². The predicted octanol–water partition coefficient (Wildman–Crippen LogP) is 3.46. The van der Waals surface area contributed by atoms with Gasteiger partial charge in [0.1, 0.15) is 0 Å². The summed E-state index contributed by atoms with van der Waals surface area (Å²) in [6.07, 6.45) is 4.26. The molecule has 0 spiro atoms. The van der Waals surface area contributed by atoms with Gasteiger partial charge in [-0.15, -0.1) is 0 Å². The summed E-state index contributed by atoms with van der Waals surface area (Å²) in [4.78, 5) is 0. The molecular formula is C6H7Br2I. The van der Waals surface area contributed by atoms with Crippen LogP contribution in [0.5, 0.6) is 0 Å². The van der Waals surface area contributed by atoms with Crippen molar-refractivity contribution in [2.75, 3.05) is 0 Å². The highest BCUT2D eigenvalue weighted by Gasteiger charge is 2.68. The molecule has 3 aliphatic rings. The fourth-order valence-electron chi connectivity index (χ4n) is 1.97. The van der Waals surface area contributed by atoms with Crippen LogP contribution in [0.1, 0.15) is 19.3 Å². The molecule has 0 aromatic rings. The molecule has 3 fully saturated rings. The highest BCUT2D eigenvalue weighted by molar-refractivity contribution is 14.1. The van der Waals surface area contributed by atoms with E-state index in [2.05, 4.69) is 54.5 Å². The van der Waals surface area contributed by atoms with Crippen LogP contribution in [-0.4, -0.2) is 7.16 Å². The van der Waals surface area contributed by atoms with Crippen molar-refractivity contribution < 1.29 is 0 Å². The number of rotatable bonds is 1. The second-order valence-electron chi connectivity index (χ2n) is 3.34. The minimum Gasteiger partial charge on any atom is -0.0788 e. The molecule has 9 heavy (non-hydrogen) atoms. The van der Waals surface area contributed by atoms with E-state index >= 15 is 0 Å². The van der Waals surface area contributed by atoms with Crippen LogP contribution in [0.15, 0.2) is 0 Å². The summed E-state index contributed by atoms with van der Waals surface area (Å²) >= 11 is 9.76. The number of halogens is 3. The van der Waals surface area contributed by atoms with E-state index in [0.717, 1.165) is 3.42 Å². The van der Waals surface area contributed by atoms with Crippen molar-refractivity contribution in [1.29, 1.82) is 0 Å². The first kappa shape index (κ1) is 7.35. The van der Waals surface area contributed by atoms with Crippen molar-refractivity contribution in [2.45, 2.75) is 26.4 Å². The van der Waals surface area contributed by atoms with Gasteiger partial charge in [0, 0.05) is 3.42 Å². The molecule has 0 aromatic heterocycles. The van der Waals surface area contributed by atoms with Crippen molar-refractivity contribution in [3.8, 4) is 0 Å². The zero-order chi connectivity index (χ0) is 6.70. The average molecular weight is 366 g/mol. The van der Waals surface area contributed by atoms with E-state index in [-0.39, 0.29) is 0 Å². The van der Waals surface area contributed by atoms with Crippen LogP contribution in [0.2, 0.25) is 0 Å². The minimum absolute atomic E-state index is 0.564. The van der Waals surface area contributed by atoms with Gasteiger partial charge in [0.2, 0.25) is 0 Å². The fraction of sp³-hybridized carbons (Fsp3) is 1.00. The monoisotopic (exact) mass is 364 g/mol. The summed E-state index contributed by atoms with van der Waals surface area (Å²) in [5.74, 6) is 0. The molecule has 0 aromatic carbocycles. The Bertz CT molecular complexity index is 135. The van der Waals surface area contributed by atoms with Crippen molar-refractivity contribution in [3.63, 3.8) is 0 Å². The molecule has 0 nitrogen and oxygen atoms in total. The fourth-order valence-corrected chi connectivity index (χ4v) is 5.22. The van der Waals surface area contributed by atoms with Gasteiger partial charge in [0.25, 0.3) is 0 Å². The Morgan fingerprint density at radius 1 is 1.22 bits per heavy atom. The third-order valence-electron chi connectivity index (χ3n) is 2.47. The van der Waals surface area contributed by atoms with E-state index < -0.39 is 0 Å². The molecule has 3 rings (SSSR count). The lowest BCUT2D eigenvalue weighted by atomic mass is 9.45. The quantitative estimate of drug-likeness (QED) is 0.493. The lowest BCUT2D eigenvalue weighted by Gasteiger charge is -2.69. The first-order valence-corrected chi connectivity index (χ1v) is 5.95. The van der Waals surface area contributed by atoms with E-state index in [4.69, 9.17) is 0 Å². The van der Waals surface area contributed by atoms with Crippen molar-refractivity contribution in [2.24, 2.45) is 5.41 Å². The Morgan fingerprint density at radius 2 is 1.67 bits per heavy atom. The number of hydrogen-bond acceptors (Lipinski definition) is 0. The van der Waals surface area contributed by atoms with Gasteiger partial charge in [-0.1, -0.05) is 54.5 Å². The lowest BCUT2D eigenvalue weighted by Crippen LogP contribution is -2.65. The SMILES string of the molecule is BrC(Br)C12CC(I)(C1)C2. The molecule has 0 saturated heterocycles. The maximum atomic E-state index is 3.58. The zero-order valence-electron chi connectivity index (χ0n) is 4.83. The van der Waals surface area contributed by atoms with E-state index in [0.29, 0.717) is 9.15 Å². The van der Waals surface area contributed by atoms with Gasteiger partial charge in [-0.05, 0) is 24.7 Å². The molecule has 0 radical (unpaired) electrons. The van der Waals surface area contributed by atoms with Gasteiger partial charge in [-0.25, -0.2) is 0 Å². The van der Waals surface area contributed by atoms with Crippen LogP contribution in [0, 0.1) is 5.41 Å². The zero-order valence-corrected chi connectivity index (χ0v) is 10.2. The van der Waals surface area contributed by atoms with Crippen LogP contribution in [0.3, 0.4) is 0 Å². The molecule has 0 unspecified atom stereocenters. The molecule has 0 aliphatic heterocycles. The van der Waals surface area contributed by atoms with Gasteiger partial charge < -0.3 is 0 Å². The molecule has 3 heteroatoms. The predicted molar refractivity (Wildman–Crippen MR) is 54.7 cm³/mol. The Balaban J connectivity index is 2.04. The maximum Gasteiger partial charge on any atom is 0.0755 e. The van der Waals surface area contributed by atoms with Gasteiger partial charge in [-0.2, -0.15) is 0 Å². The van der Waals surface area contributed by atoms with Crippen LogP contribution in [0.25, 0.3) is 0 Å². The van der Waals surface area contributed by atoms with Crippen LogP contribution in [-0.2, 0) is 0 Å². The van der Waals surface area contributed by atoms with Gasteiger partial charge in [0.05, 0.1) is 3.74 Å². The molecule has 2 bridgehead atoms. The van der Waals surface area contributed by atoms with E-state index in [1.807, 2.05) is 0 Å². The van der Waals surface area contributed by atoms with Gasteiger partial charge in [0.15, 0.2) is 0 Å². The van der Waals surface area contributed by atoms with E-state index in [9.17, 15) is 0 Å². The average Bonchev–Trinajstić information content (AvgIpc) is 1.54. The Kier molecular flexibility index (Phi) is 1.54. The maximum absolute atomic E-state index is 3.58. The third kappa shape index (κ3) is 0.868. The van der Waals surface area contributed by atoms with Crippen molar-refractivity contribution in [1.82, 2.24) is 0 Å². The Hall–Kier alpha value is 1.69. The Morgan fingerprint density at radius 3 is 1.78 bits per heavy atom. The lowest BCUT2D eigenvalue weighted by molar-refractivity contribution is -0.0428. The topological polar surface area (TPSA) is 0 Å². The van der Waals surface area contributed by atoms with E-state index in [1.54, 1.807) is 0 Å². The van der Waals surface area contributed by atoms with Crippen LogP contribution in [0.4, 0.5) is 0 Å². The second kappa shape index (κ2) is 1.89. The summed E-state index contributed by atoms with van der Waals surface area (Å²) in [5, 5.41) is 0. The molecule has 3 saturated carbocycles. The molecule has 52 valence electrons. The Labute approximate surface area is 85.5 Å². The normalized spacial score (nSPS) is 54.7. The smallest absolute Gasteiger partial charge is 0.0755 e. The highest BCUT2D eigenvalue weighted by Crippen LogP contribution is 2.75. The summed E-state index contributed by atoms with van der Waals surface area (Å²) in [5.41, 5.74) is 0.654. The summed E-state index contributed by atoms with van der Waals surface area (Å²) in [6, 6.07) is 0. The highest BCUT2D eigenvalue weighted by atomic mass is 127. The first-order chi connectivity index (χ1) is 4.06. The van der Waals surface area contributed by atoms with Crippen LogP contribution >= 0.6 is 54.5 Å². The molecule has 3 aliphatic carbocycles. The number of hydrogen-bond donors (Lipinski definition) is 0. The molecular weight excluding hydrogens is 359 g/mol. The summed E-state index contributed by atoms with van der Waals surface area (Å²) < 4.78 is 1.28. The largest absolute Gasteiger partial charge is 0.0788 e. The molecule has 0 amide bonds. The third-order valence-corrected chi connectivity index (χ3v) is 5.56. The summed E-state index contributed by atoms with van der Waals surface area (Å²) in [7, 11) is 0.